The van der Waals surface area contributed by atoms with Crippen molar-refractivity contribution >= 4 is 5.91 Å². The Labute approximate surface area is 196 Å². The number of benzene rings is 3. The normalized spacial score (nSPS) is 14.7. The van der Waals surface area contributed by atoms with Gasteiger partial charge in [-0.3, -0.25) is 9.69 Å². The molecule has 1 amide bonds. The van der Waals surface area contributed by atoms with Gasteiger partial charge in [0, 0.05) is 32.6 Å². The SMILES string of the molecule is O=C(COc1ccccc1Cc1ccccc1)NCc1ccc(CN2CCC(O)CC2)cc1. The molecule has 0 aromatic heterocycles. The van der Waals surface area contributed by atoms with Crippen molar-refractivity contribution in [3.05, 3.63) is 101 Å². The summed E-state index contributed by atoms with van der Waals surface area (Å²) in [6.45, 7) is 3.24. The van der Waals surface area contributed by atoms with E-state index in [4.69, 9.17) is 4.74 Å². The standard InChI is InChI=1S/C28H32N2O3/c31-26-14-16-30(17-15-26)20-24-12-10-23(11-13-24)19-29-28(32)21-33-27-9-5-4-8-25(27)18-22-6-2-1-3-7-22/h1-13,26,31H,14-21H2,(H,29,32). The van der Waals surface area contributed by atoms with Crippen LogP contribution >= 0.6 is 0 Å². The highest BCUT2D eigenvalue weighted by molar-refractivity contribution is 5.77. The fourth-order valence-electron chi connectivity index (χ4n) is 4.10. The maximum Gasteiger partial charge on any atom is 0.258 e. The lowest BCUT2D eigenvalue weighted by Crippen LogP contribution is -2.35. The second kappa shape index (κ2) is 11.6. The second-order valence-corrected chi connectivity index (χ2v) is 8.66. The molecule has 0 radical (unpaired) electrons. The molecule has 5 heteroatoms. The molecule has 0 bridgehead atoms. The number of para-hydroxylation sites is 1. The minimum atomic E-state index is -0.145. The number of hydrogen-bond acceptors (Lipinski definition) is 4. The molecule has 3 aromatic rings. The van der Waals surface area contributed by atoms with Crippen molar-refractivity contribution < 1.29 is 14.6 Å². The van der Waals surface area contributed by atoms with Gasteiger partial charge in [0.25, 0.3) is 5.91 Å². The molecular weight excluding hydrogens is 412 g/mol. The molecule has 1 fully saturated rings. The molecule has 1 aliphatic heterocycles. The summed E-state index contributed by atoms with van der Waals surface area (Å²) >= 11 is 0. The molecule has 5 nitrogen and oxygen atoms in total. The Morgan fingerprint density at radius 3 is 2.30 bits per heavy atom. The number of amides is 1. The van der Waals surface area contributed by atoms with Crippen molar-refractivity contribution in [3.63, 3.8) is 0 Å². The molecule has 0 aliphatic carbocycles. The Balaban J connectivity index is 1.22. The van der Waals surface area contributed by atoms with E-state index in [9.17, 15) is 9.90 Å². The number of carbonyl (C=O) groups is 1. The summed E-state index contributed by atoms with van der Waals surface area (Å²) < 4.78 is 5.84. The Kier molecular flexibility index (Phi) is 8.12. The van der Waals surface area contributed by atoms with E-state index < -0.39 is 0 Å². The molecule has 1 heterocycles. The zero-order valence-corrected chi connectivity index (χ0v) is 19.0. The lowest BCUT2D eigenvalue weighted by Gasteiger charge is -2.29. The van der Waals surface area contributed by atoms with Crippen LogP contribution in [0.1, 0.15) is 35.1 Å². The predicted octanol–water partition coefficient (Wildman–Crippen LogP) is 3.93. The van der Waals surface area contributed by atoms with Crippen molar-refractivity contribution in [1.82, 2.24) is 10.2 Å². The van der Waals surface area contributed by atoms with E-state index in [0.29, 0.717) is 6.54 Å². The smallest absolute Gasteiger partial charge is 0.258 e. The number of likely N-dealkylation sites (tertiary alicyclic amines) is 1. The highest BCUT2D eigenvalue weighted by atomic mass is 16.5. The summed E-state index contributed by atoms with van der Waals surface area (Å²) in [5.41, 5.74) is 4.58. The molecule has 33 heavy (non-hydrogen) atoms. The molecule has 0 spiro atoms. The summed E-state index contributed by atoms with van der Waals surface area (Å²) in [6.07, 6.45) is 2.32. The number of piperidine rings is 1. The fraction of sp³-hybridized carbons (Fsp3) is 0.321. The Morgan fingerprint density at radius 1 is 0.879 bits per heavy atom. The van der Waals surface area contributed by atoms with E-state index in [1.165, 1.54) is 11.1 Å². The maximum atomic E-state index is 12.4. The number of carbonyl (C=O) groups excluding carboxylic acids is 1. The number of nitrogens with one attached hydrogen (secondary N) is 1. The predicted molar refractivity (Wildman–Crippen MR) is 130 cm³/mol. The average molecular weight is 445 g/mol. The van der Waals surface area contributed by atoms with Gasteiger partial charge in [0.1, 0.15) is 5.75 Å². The molecule has 172 valence electrons. The first kappa shape index (κ1) is 23.0. The number of rotatable bonds is 9. The molecule has 0 atom stereocenters. The van der Waals surface area contributed by atoms with Crippen LogP contribution in [0.25, 0.3) is 0 Å². The van der Waals surface area contributed by atoms with Crippen molar-refractivity contribution in [2.45, 2.75) is 38.5 Å². The fourth-order valence-corrected chi connectivity index (χ4v) is 4.10. The lowest BCUT2D eigenvalue weighted by atomic mass is 10.0. The van der Waals surface area contributed by atoms with Gasteiger partial charge in [-0.25, -0.2) is 0 Å². The zero-order chi connectivity index (χ0) is 22.9. The van der Waals surface area contributed by atoms with Gasteiger partial charge in [-0.1, -0.05) is 72.8 Å². The van der Waals surface area contributed by atoms with Gasteiger partial charge in [0.15, 0.2) is 6.61 Å². The molecule has 2 N–H and O–H groups in total. The van der Waals surface area contributed by atoms with Crippen LogP contribution in [0.4, 0.5) is 0 Å². The maximum absolute atomic E-state index is 12.4. The van der Waals surface area contributed by atoms with Gasteiger partial charge in [0.2, 0.25) is 0 Å². The van der Waals surface area contributed by atoms with E-state index in [2.05, 4.69) is 46.6 Å². The number of nitrogens with zero attached hydrogens (tertiary/aromatic N) is 1. The van der Waals surface area contributed by atoms with Crippen LogP contribution in [-0.2, 0) is 24.3 Å². The van der Waals surface area contributed by atoms with E-state index in [0.717, 1.165) is 55.8 Å². The highest BCUT2D eigenvalue weighted by Gasteiger charge is 2.16. The molecule has 1 aliphatic rings. The molecule has 0 saturated carbocycles. The molecular formula is C28H32N2O3. The van der Waals surface area contributed by atoms with E-state index in [1.807, 2.05) is 42.5 Å². The first-order valence-corrected chi connectivity index (χ1v) is 11.7. The summed E-state index contributed by atoms with van der Waals surface area (Å²) in [4.78, 5) is 14.7. The number of aliphatic hydroxyl groups excluding tert-OH is 1. The number of aliphatic hydroxyl groups is 1. The van der Waals surface area contributed by atoms with Gasteiger partial charge in [0.05, 0.1) is 6.10 Å². The van der Waals surface area contributed by atoms with Crippen LogP contribution in [0.15, 0.2) is 78.9 Å². The van der Waals surface area contributed by atoms with Crippen LogP contribution in [-0.4, -0.2) is 41.7 Å². The van der Waals surface area contributed by atoms with E-state index >= 15 is 0 Å². The number of hydrogen-bond donors (Lipinski definition) is 2. The molecule has 1 saturated heterocycles. The first-order chi connectivity index (χ1) is 16.2. The van der Waals surface area contributed by atoms with Gasteiger partial charge in [-0.15, -0.1) is 0 Å². The molecule has 4 rings (SSSR count). The summed E-state index contributed by atoms with van der Waals surface area (Å²) in [5, 5.41) is 12.6. The third kappa shape index (κ3) is 7.17. The van der Waals surface area contributed by atoms with Crippen LogP contribution in [0.5, 0.6) is 5.75 Å². The summed E-state index contributed by atoms with van der Waals surface area (Å²) in [6, 6.07) is 26.4. The van der Waals surface area contributed by atoms with Crippen molar-refractivity contribution in [2.24, 2.45) is 0 Å². The Bertz CT molecular complexity index is 1010. The van der Waals surface area contributed by atoms with Gasteiger partial charge in [-0.2, -0.15) is 0 Å². The number of ether oxygens (including phenoxy) is 1. The second-order valence-electron chi connectivity index (χ2n) is 8.66. The van der Waals surface area contributed by atoms with Crippen molar-refractivity contribution in [3.8, 4) is 5.75 Å². The molecule has 3 aromatic carbocycles. The van der Waals surface area contributed by atoms with E-state index in [1.54, 1.807) is 0 Å². The Hall–Kier alpha value is -3.15. The third-order valence-electron chi connectivity index (χ3n) is 6.04. The minimum absolute atomic E-state index is 0.00923. The van der Waals surface area contributed by atoms with Crippen molar-refractivity contribution in [1.29, 1.82) is 0 Å². The van der Waals surface area contributed by atoms with Crippen LogP contribution in [0.3, 0.4) is 0 Å². The molecule has 0 unspecified atom stereocenters. The third-order valence-corrected chi connectivity index (χ3v) is 6.04. The summed E-state index contributed by atoms with van der Waals surface area (Å²) in [5.74, 6) is 0.603. The van der Waals surface area contributed by atoms with Gasteiger partial charge < -0.3 is 15.2 Å². The van der Waals surface area contributed by atoms with Gasteiger partial charge in [-0.05, 0) is 41.2 Å². The summed E-state index contributed by atoms with van der Waals surface area (Å²) in [7, 11) is 0. The minimum Gasteiger partial charge on any atom is -0.483 e. The average Bonchev–Trinajstić information content (AvgIpc) is 2.85. The monoisotopic (exact) mass is 444 g/mol. The Morgan fingerprint density at radius 2 is 1.55 bits per heavy atom. The highest BCUT2D eigenvalue weighted by Crippen LogP contribution is 2.21. The van der Waals surface area contributed by atoms with Crippen LogP contribution in [0, 0.1) is 0 Å². The first-order valence-electron chi connectivity index (χ1n) is 11.7. The van der Waals surface area contributed by atoms with Crippen LogP contribution < -0.4 is 10.1 Å². The van der Waals surface area contributed by atoms with E-state index in [-0.39, 0.29) is 18.6 Å². The lowest BCUT2D eigenvalue weighted by molar-refractivity contribution is -0.123. The largest absolute Gasteiger partial charge is 0.483 e. The quantitative estimate of drug-likeness (QED) is 0.525. The van der Waals surface area contributed by atoms with Gasteiger partial charge >= 0.3 is 0 Å². The topological polar surface area (TPSA) is 61.8 Å². The zero-order valence-electron chi connectivity index (χ0n) is 19.0. The van der Waals surface area contributed by atoms with Crippen LogP contribution in [0.2, 0.25) is 0 Å². The van der Waals surface area contributed by atoms with Crippen molar-refractivity contribution in [2.75, 3.05) is 19.7 Å².